The van der Waals surface area contributed by atoms with Gasteiger partial charge in [-0.25, -0.2) is 0 Å². The van der Waals surface area contributed by atoms with E-state index in [-0.39, 0.29) is 12.5 Å². The molecule has 5 heteroatoms. The molecule has 2 aromatic rings. The number of carbonyl (C=O) groups excluding carboxylic acids is 1. The van der Waals surface area contributed by atoms with Crippen LogP contribution in [-0.2, 0) is 4.74 Å². The number of aryl methyl sites for hydroxylation is 2. The summed E-state index contributed by atoms with van der Waals surface area (Å²) < 4.78 is 6.98. The van der Waals surface area contributed by atoms with Crippen LogP contribution in [0.3, 0.4) is 0 Å². The van der Waals surface area contributed by atoms with E-state index in [1.807, 2.05) is 32.0 Å². The summed E-state index contributed by atoms with van der Waals surface area (Å²) in [6.07, 6.45) is -0.0921. The molecule has 0 aliphatic rings. The summed E-state index contributed by atoms with van der Waals surface area (Å²) in [5.41, 5.74) is 4.84. The molecule has 1 aromatic heterocycles. The lowest BCUT2D eigenvalue weighted by Gasteiger charge is -2.13. The number of ether oxygens (including phenoxy) is 1. The van der Waals surface area contributed by atoms with E-state index in [9.17, 15) is 9.90 Å². The van der Waals surface area contributed by atoms with Crippen molar-refractivity contribution in [2.24, 2.45) is 0 Å². The Labute approximate surface area is 143 Å². The molecular weight excluding hydrogens is 304 g/mol. The molecule has 0 saturated carbocycles. The number of rotatable bonds is 7. The third-order valence-electron chi connectivity index (χ3n) is 4.15. The predicted molar refractivity (Wildman–Crippen MR) is 94.8 cm³/mol. The number of amides is 1. The van der Waals surface area contributed by atoms with Gasteiger partial charge in [0.2, 0.25) is 0 Å². The van der Waals surface area contributed by atoms with E-state index in [4.69, 9.17) is 4.74 Å². The van der Waals surface area contributed by atoms with Crippen LogP contribution < -0.4 is 5.32 Å². The lowest BCUT2D eigenvalue weighted by Crippen LogP contribution is -2.28. The van der Waals surface area contributed by atoms with E-state index >= 15 is 0 Å². The quantitative estimate of drug-likeness (QED) is 0.820. The van der Waals surface area contributed by atoms with Gasteiger partial charge in [-0.1, -0.05) is 18.2 Å². The maximum atomic E-state index is 12.4. The van der Waals surface area contributed by atoms with Crippen molar-refractivity contribution in [2.45, 2.75) is 33.3 Å². The van der Waals surface area contributed by atoms with Crippen LogP contribution in [0, 0.1) is 20.8 Å². The summed E-state index contributed by atoms with van der Waals surface area (Å²) in [5.74, 6) is -0.118. The van der Waals surface area contributed by atoms with E-state index < -0.39 is 6.10 Å². The van der Waals surface area contributed by atoms with Crippen LogP contribution in [0.4, 0.5) is 0 Å². The first-order chi connectivity index (χ1) is 11.5. The molecule has 0 spiro atoms. The monoisotopic (exact) mass is 330 g/mol. The number of aliphatic hydroxyl groups is 1. The van der Waals surface area contributed by atoms with Crippen LogP contribution in [0.1, 0.15) is 33.7 Å². The first kappa shape index (κ1) is 18.2. The molecule has 2 N–H and O–H groups in total. The zero-order valence-electron chi connectivity index (χ0n) is 14.8. The maximum absolute atomic E-state index is 12.4. The lowest BCUT2D eigenvalue weighted by atomic mass is 10.2. The molecule has 2 rings (SSSR count). The van der Waals surface area contributed by atoms with Crippen molar-refractivity contribution < 1.29 is 14.6 Å². The maximum Gasteiger partial charge on any atom is 0.253 e. The lowest BCUT2D eigenvalue weighted by molar-refractivity contribution is 0.0587. The highest BCUT2D eigenvalue weighted by molar-refractivity contribution is 5.95. The topological polar surface area (TPSA) is 63.5 Å². The highest BCUT2D eigenvalue weighted by Crippen LogP contribution is 2.23. The summed E-state index contributed by atoms with van der Waals surface area (Å²) in [5, 5.41) is 12.5. The van der Waals surface area contributed by atoms with Gasteiger partial charge in [-0.15, -0.1) is 0 Å². The Morgan fingerprint density at radius 2 is 2.00 bits per heavy atom. The smallest absolute Gasteiger partial charge is 0.253 e. The van der Waals surface area contributed by atoms with Gasteiger partial charge < -0.3 is 19.7 Å². The minimum absolute atomic E-state index is 0.118. The summed E-state index contributed by atoms with van der Waals surface area (Å²) in [6.45, 7) is 6.70. The van der Waals surface area contributed by atoms with E-state index in [0.29, 0.717) is 18.5 Å². The fourth-order valence-corrected chi connectivity index (χ4v) is 2.90. The van der Waals surface area contributed by atoms with Crippen molar-refractivity contribution in [3.63, 3.8) is 0 Å². The second kappa shape index (κ2) is 8.13. The summed E-state index contributed by atoms with van der Waals surface area (Å²) in [4.78, 5) is 12.4. The molecule has 130 valence electrons. The number of nitrogens with one attached hydrogen (secondary N) is 1. The third-order valence-corrected chi connectivity index (χ3v) is 4.15. The Bertz CT molecular complexity index is 707. The van der Waals surface area contributed by atoms with Gasteiger partial charge in [0.1, 0.15) is 0 Å². The van der Waals surface area contributed by atoms with Crippen molar-refractivity contribution in [1.29, 1.82) is 0 Å². The zero-order valence-corrected chi connectivity index (χ0v) is 14.8. The molecule has 1 heterocycles. The average Bonchev–Trinajstić information content (AvgIpc) is 2.83. The van der Waals surface area contributed by atoms with Gasteiger partial charge in [0.25, 0.3) is 5.91 Å². The standard InChI is InChI=1S/C19H26N2O3/c1-13-7-5-6-8-18(13)21-14(2)11-17(15(21)3)19(23)20-10-9-16(22)12-24-4/h5-8,11,16,22H,9-10,12H2,1-4H3,(H,20,23). The molecule has 0 bridgehead atoms. The van der Waals surface area contributed by atoms with Gasteiger partial charge in [-0.05, 0) is 44.9 Å². The number of nitrogens with zero attached hydrogens (tertiary/aromatic N) is 1. The van der Waals surface area contributed by atoms with Crippen molar-refractivity contribution in [3.05, 3.63) is 52.8 Å². The molecular formula is C19H26N2O3. The van der Waals surface area contributed by atoms with E-state index in [1.54, 1.807) is 7.11 Å². The number of aliphatic hydroxyl groups excluding tert-OH is 1. The van der Waals surface area contributed by atoms with Crippen molar-refractivity contribution in [2.75, 3.05) is 20.3 Å². The van der Waals surface area contributed by atoms with Gasteiger partial charge in [-0.2, -0.15) is 0 Å². The van der Waals surface area contributed by atoms with Crippen LogP contribution in [0.2, 0.25) is 0 Å². The predicted octanol–water partition coefficient (Wildman–Crippen LogP) is 2.53. The minimum Gasteiger partial charge on any atom is -0.391 e. The van der Waals surface area contributed by atoms with E-state index in [2.05, 4.69) is 28.9 Å². The number of para-hydroxylation sites is 1. The van der Waals surface area contributed by atoms with Crippen LogP contribution in [-0.4, -0.2) is 41.9 Å². The first-order valence-corrected chi connectivity index (χ1v) is 8.15. The highest BCUT2D eigenvalue weighted by atomic mass is 16.5. The number of hydrogen-bond acceptors (Lipinski definition) is 3. The summed E-state index contributed by atoms with van der Waals surface area (Å²) in [6, 6.07) is 10.0. The number of carbonyl (C=O) groups is 1. The number of methoxy groups -OCH3 is 1. The summed E-state index contributed by atoms with van der Waals surface area (Å²) in [7, 11) is 1.54. The van der Waals surface area contributed by atoms with Gasteiger partial charge in [-0.3, -0.25) is 4.79 Å². The Morgan fingerprint density at radius 1 is 1.29 bits per heavy atom. The number of benzene rings is 1. The molecule has 1 atom stereocenters. The molecule has 1 aromatic carbocycles. The molecule has 0 radical (unpaired) electrons. The minimum atomic E-state index is -0.560. The largest absolute Gasteiger partial charge is 0.391 e. The zero-order chi connectivity index (χ0) is 17.7. The second-order valence-corrected chi connectivity index (χ2v) is 6.06. The Hall–Kier alpha value is -2.11. The molecule has 1 unspecified atom stereocenters. The van der Waals surface area contributed by atoms with Crippen LogP contribution in [0.15, 0.2) is 30.3 Å². The van der Waals surface area contributed by atoms with Crippen LogP contribution in [0.25, 0.3) is 5.69 Å². The Morgan fingerprint density at radius 3 is 2.67 bits per heavy atom. The van der Waals surface area contributed by atoms with E-state index in [1.165, 1.54) is 0 Å². The fourth-order valence-electron chi connectivity index (χ4n) is 2.90. The highest BCUT2D eigenvalue weighted by Gasteiger charge is 2.17. The van der Waals surface area contributed by atoms with Gasteiger partial charge in [0.05, 0.1) is 18.3 Å². The Kier molecular flexibility index (Phi) is 6.17. The van der Waals surface area contributed by atoms with Gasteiger partial charge >= 0.3 is 0 Å². The van der Waals surface area contributed by atoms with E-state index in [0.717, 1.165) is 22.6 Å². The SMILES string of the molecule is COCC(O)CCNC(=O)c1cc(C)n(-c2ccccc2C)c1C. The Balaban J connectivity index is 2.14. The number of hydrogen-bond donors (Lipinski definition) is 2. The average molecular weight is 330 g/mol. The molecule has 0 fully saturated rings. The molecule has 0 aliphatic carbocycles. The molecule has 5 nitrogen and oxygen atoms in total. The van der Waals surface area contributed by atoms with Crippen molar-refractivity contribution in [3.8, 4) is 5.69 Å². The molecule has 24 heavy (non-hydrogen) atoms. The van der Waals surface area contributed by atoms with Gasteiger partial charge in [0, 0.05) is 30.7 Å². The third kappa shape index (κ3) is 4.04. The van der Waals surface area contributed by atoms with Crippen LogP contribution in [0.5, 0.6) is 0 Å². The fraction of sp³-hybridized carbons (Fsp3) is 0.421. The summed E-state index contributed by atoms with van der Waals surface area (Å²) >= 11 is 0. The second-order valence-electron chi connectivity index (χ2n) is 6.06. The van der Waals surface area contributed by atoms with Crippen LogP contribution >= 0.6 is 0 Å². The first-order valence-electron chi connectivity index (χ1n) is 8.15. The molecule has 1 amide bonds. The number of aromatic nitrogens is 1. The van der Waals surface area contributed by atoms with Crippen molar-refractivity contribution >= 4 is 5.91 Å². The normalized spacial score (nSPS) is 12.2. The van der Waals surface area contributed by atoms with Crippen molar-refractivity contribution in [1.82, 2.24) is 9.88 Å². The molecule has 0 aliphatic heterocycles. The van der Waals surface area contributed by atoms with Gasteiger partial charge in [0.15, 0.2) is 0 Å². The molecule has 0 saturated heterocycles.